The predicted octanol–water partition coefficient (Wildman–Crippen LogP) is 1.02. The molecule has 9 rings (SSSR count). The van der Waals surface area contributed by atoms with E-state index in [0.29, 0.717) is 24.8 Å². The lowest BCUT2D eigenvalue weighted by Crippen LogP contribution is -2.77. The van der Waals surface area contributed by atoms with E-state index in [4.69, 9.17) is 9.47 Å². The Morgan fingerprint density at radius 2 is 1.84 bits per heavy atom. The number of carbonyl (C=O) groups excluding carboxylic acids is 2. The number of ether oxygens (including phenoxy) is 2. The highest BCUT2D eigenvalue weighted by atomic mass is 16.6. The van der Waals surface area contributed by atoms with Gasteiger partial charge in [0.25, 0.3) is 0 Å². The molecule has 5 unspecified atom stereocenters. The smallest absolute Gasteiger partial charge is 0.303 e. The highest BCUT2D eigenvalue weighted by molar-refractivity contribution is 5.67. The Morgan fingerprint density at radius 3 is 2.52 bits per heavy atom. The van der Waals surface area contributed by atoms with Crippen LogP contribution >= 0.6 is 0 Å². The Morgan fingerprint density at radius 1 is 1.13 bits per heavy atom. The summed E-state index contributed by atoms with van der Waals surface area (Å²) < 4.78 is 11.6. The molecule has 3 heterocycles. The molecule has 9 fully saturated rings. The van der Waals surface area contributed by atoms with Gasteiger partial charge in [-0.05, 0) is 37.0 Å². The fraction of sp³-hybridized carbons (Fsp3) is 0.833. The normalized spacial score (nSPS) is 63.5. The zero-order valence-corrected chi connectivity index (χ0v) is 18.3. The first-order chi connectivity index (χ1) is 14.5. The lowest BCUT2D eigenvalue weighted by atomic mass is 9.39. The molecule has 6 saturated carbocycles. The maximum absolute atomic E-state index is 12.6. The Balaban J connectivity index is 1.47. The van der Waals surface area contributed by atoms with Crippen LogP contribution in [-0.2, 0) is 19.1 Å². The fourth-order valence-electron chi connectivity index (χ4n) is 11.3. The van der Waals surface area contributed by atoms with Crippen molar-refractivity contribution in [3.8, 4) is 0 Å². The van der Waals surface area contributed by atoms with Crippen molar-refractivity contribution in [3.05, 3.63) is 12.2 Å². The van der Waals surface area contributed by atoms with Gasteiger partial charge in [-0.2, -0.15) is 0 Å². The van der Waals surface area contributed by atoms with Gasteiger partial charge < -0.3 is 19.7 Å². The maximum atomic E-state index is 12.6. The minimum absolute atomic E-state index is 0.0120. The molecule has 168 valence electrons. The first-order valence-electron chi connectivity index (χ1n) is 11.7. The van der Waals surface area contributed by atoms with Crippen molar-refractivity contribution in [1.82, 2.24) is 4.90 Å². The molecule has 2 spiro atoms. The molecule has 2 N–H and O–H groups in total. The van der Waals surface area contributed by atoms with Gasteiger partial charge in [-0.1, -0.05) is 19.1 Å². The Kier molecular flexibility index (Phi) is 3.10. The van der Waals surface area contributed by atoms with Crippen LogP contribution in [0.2, 0.25) is 0 Å². The van der Waals surface area contributed by atoms with Crippen molar-refractivity contribution in [2.75, 3.05) is 6.54 Å². The average Bonchev–Trinajstić information content (AvgIpc) is 3.03. The average molecular weight is 430 g/mol. The summed E-state index contributed by atoms with van der Waals surface area (Å²) in [6.07, 6.45) is 1.30. The highest BCUT2D eigenvalue weighted by Crippen LogP contribution is 2.88. The van der Waals surface area contributed by atoms with Crippen molar-refractivity contribution >= 4 is 11.9 Å². The number of aliphatic hydroxyl groups excluding tert-OH is 1. The summed E-state index contributed by atoms with van der Waals surface area (Å²) in [7, 11) is 0. The molecule has 7 heteroatoms. The standard InChI is InChI=1S/C24H31NO6/c1-10-5-22-8-14-17-21(4)6-13(30-11(2)26)7-23(17)18(22)16(28)15(10)19(31-12(3)27)24(22,29)20(23)25(14)9-21/h13-20,28-29H,1,5-9H2,2-4H3/t13?,14-,15-,16?,17-,18+,19?,20?,21+,22-,23+,24-/m1/s1. The summed E-state index contributed by atoms with van der Waals surface area (Å²) in [6, 6.07) is 0.176. The van der Waals surface area contributed by atoms with Gasteiger partial charge in [0.15, 0.2) is 0 Å². The molecule has 0 aromatic heterocycles. The largest absolute Gasteiger partial charge is 0.463 e. The molecule has 3 saturated heterocycles. The molecule has 6 aliphatic carbocycles. The number of aliphatic hydroxyl groups is 2. The second-order valence-corrected chi connectivity index (χ2v) is 12.1. The fourth-order valence-corrected chi connectivity index (χ4v) is 11.3. The molecule has 9 bridgehead atoms. The number of fused-ring (bicyclic) bond motifs is 1. The first-order valence-corrected chi connectivity index (χ1v) is 11.7. The van der Waals surface area contributed by atoms with Crippen molar-refractivity contribution in [2.45, 2.75) is 82.5 Å². The quantitative estimate of drug-likeness (QED) is 0.500. The topological polar surface area (TPSA) is 96.3 Å². The zero-order valence-electron chi connectivity index (χ0n) is 18.3. The summed E-state index contributed by atoms with van der Waals surface area (Å²) in [6.45, 7) is 10.3. The SMILES string of the molecule is C=C1C[C@]23C[C@@H]4[C@@H]5[C@@]6(C)CC(OC(C)=O)C[C@]57C(N4C6)[C@]2(O)C(OC(C)=O)[C@H]1C(O)[C@H]73. The zero-order chi connectivity index (χ0) is 21.9. The van der Waals surface area contributed by atoms with Crippen molar-refractivity contribution in [3.63, 3.8) is 0 Å². The van der Waals surface area contributed by atoms with Gasteiger partial charge >= 0.3 is 11.9 Å². The Bertz CT molecular complexity index is 966. The van der Waals surface area contributed by atoms with Crippen LogP contribution in [0.25, 0.3) is 0 Å². The third-order valence-electron chi connectivity index (χ3n) is 10.9. The number of rotatable bonds is 2. The molecule has 0 radical (unpaired) electrons. The third-order valence-corrected chi connectivity index (χ3v) is 10.9. The predicted molar refractivity (Wildman–Crippen MR) is 107 cm³/mol. The van der Waals surface area contributed by atoms with E-state index in [9.17, 15) is 19.8 Å². The molecule has 9 aliphatic rings. The molecule has 0 aromatic rings. The lowest BCUT2D eigenvalue weighted by Gasteiger charge is -2.68. The van der Waals surface area contributed by atoms with Crippen LogP contribution < -0.4 is 0 Å². The molecular weight excluding hydrogens is 398 g/mol. The van der Waals surface area contributed by atoms with Crippen LogP contribution in [0.3, 0.4) is 0 Å². The second-order valence-electron chi connectivity index (χ2n) is 12.1. The van der Waals surface area contributed by atoms with E-state index in [1.807, 2.05) is 0 Å². The number of carbonyl (C=O) groups is 2. The molecule has 7 nitrogen and oxygen atoms in total. The monoisotopic (exact) mass is 429 g/mol. The molecule has 3 aliphatic heterocycles. The molecule has 31 heavy (non-hydrogen) atoms. The molecule has 0 amide bonds. The Hall–Kier alpha value is -1.44. The van der Waals surface area contributed by atoms with Crippen molar-refractivity contribution < 1.29 is 29.3 Å². The van der Waals surface area contributed by atoms with Gasteiger partial charge in [-0.15, -0.1) is 0 Å². The maximum Gasteiger partial charge on any atom is 0.303 e. The molecule has 0 aromatic carbocycles. The Labute approximate surface area is 181 Å². The van der Waals surface area contributed by atoms with Gasteiger partial charge in [-0.25, -0.2) is 0 Å². The van der Waals surface area contributed by atoms with Gasteiger partial charge in [0.05, 0.1) is 6.10 Å². The van der Waals surface area contributed by atoms with E-state index < -0.39 is 35.1 Å². The summed E-state index contributed by atoms with van der Waals surface area (Å²) in [4.78, 5) is 26.5. The van der Waals surface area contributed by atoms with Crippen LogP contribution in [0.5, 0.6) is 0 Å². The summed E-state index contributed by atoms with van der Waals surface area (Å²) >= 11 is 0. The summed E-state index contributed by atoms with van der Waals surface area (Å²) in [5.41, 5.74) is -1.20. The van der Waals surface area contributed by atoms with E-state index in [1.54, 1.807) is 0 Å². The van der Waals surface area contributed by atoms with Gasteiger partial charge in [-0.3, -0.25) is 14.5 Å². The van der Waals surface area contributed by atoms with Crippen LogP contribution in [0.15, 0.2) is 12.2 Å². The second kappa shape index (κ2) is 5.05. The number of piperidine rings is 2. The van der Waals surface area contributed by atoms with Crippen LogP contribution in [-0.4, -0.2) is 69.6 Å². The van der Waals surface area contributed by atoms with E-state index in [0.717, 1.165) is 25.0 Å². The third kappa shape index (κ3) is 1.65. The van der Waals surface area contributed by atoms with Gasteiger partial charge in [0.1, 0.15) is 17.8 Å². The summed E-state index contributed by atoms with van der Waals surface area (Å²) in [5, 5.41) is 24.4. The van der Waals surface area contributed by atoms with Crippen molar-refractivity contribution in [1.29, 1.82) is 0 Å². The minimum atomic E-state index is -1.21. The van der Waals surface area contributed by atoms with Crippen LogP contribution in [0, 0.1) is 34.0 Å². The first kappa shape index (κ1) is 19.1. The van der Waals surface area contributed by atoms with E-state index in [1.165, 1.54) is 13.8 Å². The van der Waals surface area contributed by atoms with E-state index >= 15 is 0 Å². The lowest BCUT2D eigenvalue weighted by molar-refractivity contribution is -0.284. The number of hydrogen-bond donors (Lipinski definition) is 2. The molecule has 13 atom stereocenters. The van der Waals surface area contributed by atoms with Crippen LogP contribution in [0.1, 0.15) is 46.5 Å². The number of nitrogens with zero attached hydrogens (tertiary/aromatic N) is 1. The summed E-state index contributed by atoms with van der Waals surface area (Å²) in [5.74, 6) is -0.896. The number of hydrogen-bond acceptors (Lipinski definition) is 7. The van der Waals surface area contributed by atoms with Crippen molar-refractivity contribution in [2.24, 2.45) is 34.0 Å². The highest BCUT2D eigenvalue weighted by Gasteiger charge is 2.95. The van der Waals surface area contributed by atoms with E-state index in [-0.39, 0.29) is 34.9 Å². The van der Waals surface area contributed by atoms with Gasteiger partial charge in [0, 0.05) is 55.1 Å². The van der Waals surface area contributed by atoms with E-state index in [2.05, 4.69) is 18.4 Å². The molecular formula is C24H31NO6. The minimum Gasteiger partial charge on any atom is -0.463 e. The van der Waals surface area contributed by atoms with Crippen LogP contribution in [0.4, 0.5) is 0 Å². The number of esters is 2. The van der Waals surface area contributed by atoms with Gasteiger partial charge in [0.2, 0.25) is 0 Å².